The number of aliphatic carboxylic acids is 1. The van der Waals surface area contributed by atoms with Crippen molar-refractivity contribution in [1.82, 2.24) is 20.9 Å². The van der Waals surface area contributed by atoms with E-state index in [4.69, 9.17) is 16.6 Å². The van der Waals surface area contributed by atoms with Crippen LogP contribution in [0.2, 0.25) is 0 Å². The van der Waals surface area contributed by atoms with Gasteiger partial charge in [0.1, 0.15) is 18.1 Å². The first-order chi connectivity index (χ1) is 17.7. The third-order valence-corrected chi connectivity index (χ3v) is 6.65. The van der Waals surface area contributed by atoms with E-state index in [1.165, 1.54) is 18.7 Å². The standard InChI is InChI=1S/C25H38N6O5S/c1-15(25(35)36)29-23(33)21(10-12-37-2)31-24(34)20(9-5-6-11-26)30-22(32)18(27)13-16-14-28-19-8-4-3-7-17(16)19/h3-4,7-8,14-15,18,20-21,28H,5-6,9-13,26-27H2,1-2H3,(H,29,33)(H,30,32)(H,31,34)(H,35,36). The summed E-state index contributed by atoms with van der Waals surface area (Å²) in [5.74, 6) is -2.23. The predicted octanol–water partition coefficient (Wildman–Crippen LogP) is 0.479. The number of nitrogens with two attached hydrogens (primary N) is 2. The zero-order valence-corrected chi connectivity index (χ0v) is 22.1. The van der Waals surface area contributed by atoms with Crippen LogP contribution in [0.15, 0.2) is 30.5 Å². The van der Waals surface area contributed by atoms with Crippen LogP contribution in [0.4, 0.5) is 0 Å². The second kappa shape index (κ2) is 15.2. The van der Waals surface area contributed by atoms with Crippen LogP contribution in [0.3, 0.4) is 0 Å². The van der Waals surface area contributed by atoms with Crippen molar-refractivity contribution in [2.75, 3.05) is 18.6 Å². The molecule has 37 heavy (non-hydrogen) atoms. The number of unbranched alkanes of at least 4 members (excludes halogenated alkanes) is 1. The van der Waals surface area contributed by atoms with Gasteiger partial charge in [0.25, 0.3) is 0 Å². The molecule has 0 aliphatic carbocycles. The maximum Gasteiger partial charge on any atom is 0.325 e. The number of aromatic nitrogens is 1. The fourth-order valence-corrected chi connectivity index (χ4v) is 4.29. The summed E-state index contributed by atoms with van der Waals surface area (Å²) in [6, 6.07) is 3.83. The van der Waals surface area contributed by atoms with Gasteiger partial charge in [-0.2, -0.15) is 11.8 Å². The van der Waals surface area contributed by atoms with Crippen LogP contribution in [0.5, 0.6) is 0 Å². The van der Waals surface area contributed by atoms with Crippen LogP contribution in [0, 0.1) is 0 Å². The van der Waals surface area contributed by atoms with Gasteiger partial charge in [0.15, 0.2) is 0 Å². The van der Waals surface area contributed by atoms with Crippen LogP contribution >= 0.6 is 11.8 Å². The van der Waals surface area contributed by atoms with E-state index in [-0.39, 0.29) is 6.42 Å². The van der Waals surface area contributed by atoms with Gasteiger partial charge in [0.05, 0.1) is 6.04 Å². The summed E-state index contributed by atoms with van der Waals surface area (Å²) >= 11 is 1.49. The number of para-hydroxylation sites is 1. The monoisotopic (exact) mass is 534 g/mol. The zero-order chi connectivity index (χ0) is 27.4. The van der Waals surface area contributed by atoms with Crippen molar-refractivity contribution in [3.63, 3.8) is 0 Å². The molecule has 0 radical (unpaired) electrons. The highest BCUT2D eigenvalue weighted by molar-refractivity contribution is 7.98. The highest BCUT2D eigenvalue weighted by atomic mass is 32.2. The lowest BCUT2D eigenvalue weighted by atomic mass is 10.0. The van der Waals surface area contributed by atoms with Gasteiger partial charge < -0.3 is 37.5 Å². The minimum absolute atomic E-state index is 0.277. The molecule has 2 aromatic rings. The number of nitrogens with one attached hydrogen (secondary N) is 4. The molecule has 0 fully saturated rings. The van der Waals surface area contributed by atoms with Crippen molar-refractivity contribution in [1.29, 1.82) is 0 Å². The summed E-state index contributed by atoms with van der Waals surface area (Å²) in [4.78, 5) is 53.1. The van der Waals surface area contributed by atoms with Crippen LogP contribution in [-0.2, 0) is 25.6 Å². The number of hydrogen-bond donors (Lipinski definition) is 7. The Bertz CT molecular complexity index is 1060. The van der Waals surface area contributed by atoms with E-state index >= 15 is 0 Å². The van der Waals surface area contributed by atoms with Gasteiger partial charge in [-0.05, 0) is 69.2 Å². The van der Waals surface area contributed by atoms with Gasteiger partial charge in [0, 0.05) is 17.1 Å². The molecule has 204 valence electrons. The zero-order valence-electron chi connectivity index (χ0n) is 21.3. The van der Waals surface area contributed by atoms with E-state index in [2.05, 4.69) is 20.9 Å². The summed E-state index contributed by atoms with van der Waals surface area (Å²) in [5, 5.41) is 17.9. The number of H-pyrrole nitrogens is 1. The molecular weight excluding hydrogens is 496 g/mol. The van der Waals surface area contributed by atoms with E-state index < -0.39 is 47.9 Å². The molecule has 4 unspecified atom stereocenters. The number of carbonyl (C=O) groups is 4. The fraction of sp³-hybridized carbons (Fsp3) is 0.520. The molecule has 1 aromatic carbocycles. The first-order valence-electron chi connectivity index (χ1n) is 12.3. The Hall–Kier alpha value is -3.09. The largest absolute Gasteiger partial charge is 0.480 e. The van der Waals surface area contributed by atoms with Crippen molar-refractivity contribution < 1.29 is 24.3 Å². The van der Waals surface area contributed by atoms with Gasteiger partial charge >= 0.3 is 5.97 Å². The van der Waals surface area contributed by atoms with Crippen LogP contribution in [0.25, 0.3) is 10.9 Å². The quantitative estimate of drug-likeness (QED) is 0.151. The number of benzene rings is 1. The number of carboxylic acid groups (broad SMARTS) is 1. The highest BCUT2D eigenvalue weighted by Gasteiger charge is 2.29. The number of thioether (sulfide) groups is 1. The normalized spacial score (nSPS) is 14.4. The summed E-state index contributed by atoms with van der Waals surface area (Å²) in [5.41, 5.74) is 13.6. The summed E-state index contributed by atoms with van der Waals surface area (Å²) in [6.07, 6.45) is 5.82. The average Bonchev–Trinajstić information content (AvgIpc) is 3.28. The summed E-state index contributed by atoms with van der Waals surface area (Å²) in [7, 11) is 0. The molecule has 2 rings (SSSR count). The van der Waals surface area contributed by atoms with Crippen molar-refractivity contribution in [2.45, 2.75) is 63.2 Å². The molecule has 4 atom stereocenters. The second-order valence-electron chi connectivity index (χ2n) is 8.93. The van der Waals surface area contributed by atoms with Gasteiger partial charge in [-0.15, -0.1) is 0 Å². The maximum atomic E-state index is 13.2. The molecule has 0 saturated heterocycles. The topological polar surface area (TPSA) is 192 Å². The SMILES string of the molecule is CSCCC(NC(=O)C(CCCCN)NC(=O)C(N)Cc1c[nH]c2ccccc12)C(=O)NC(C)C(=O)O. The van der Waals surface area contributed by atoms with Gasteiger partial charge in [0.2, 0.25) is 17.7 Å². The molecule has 0 bridgehead atoms. The average molecular weight is 535 g/mol. The molecular formula is C25H38N6O5S. The molecule has 11 nitrogen and oxygen atoms in total. The molecule has 9 N–H and O–H groups in total. The van der Waals surface area contributed by atoms with Crippen molar-refractivity contribution in [3.05, 3.63) is 36.0 Å². The van der Waals surface area contributed by atoms with E-state index in [0.717, 1.165) is 16.5 Å². The molecule has 0 spiro atoms. The number of aromatic amines is 1. The maximum absolute atomic E-state index is 13.2. The minimum Gasteiger partial charge on any atom is -0.480 e. The Morgan fingerprint density at radius 3 is 2.32 bits per heavy atom. The third kappa shape index (κ3) is 9.38. The van der Waals surface area contributed by atoms with Gasteiger partial charge in [-0.3, -0.25) is 19.2 Å². The molecule has 1 heterocycles. The Labute approximate surface area is 220 Å². The molecule has 0 aliphatic heterocycles. The van der Waals surface area contributed by atoms with Crippen molar-refractivity contribution in [2.24, 2.45) is 11.5 Å². The van der Waals surface area contributed by atoms with E-state index in [1.807, 2.05) is 36.7 Å². The first-order valence-corrected chi connectivity index (χ1v) is 13.7. The van der Waals surface area contributed by atoms with Crippen molar-refractivity contribution >= 4 is 46.4 Å². The highest BCUT2D eigenvalue weighted by Crippen LogP contribution is 2.19. The van der Waals surface area contributed by atoms with Crippen LogP contribution in [0.1, 0.15) is 38.2 Å². The Morgan fingerprint density at radius 2 is 1.65 bits per heavy atom. The minimum atomic E-state index is -1.18. The number of carboxylic acids is 1. The second-order valence-corrected chi connectivity index (χ2v) is 9.91. The number of amides is 3. The molecule has 0 aliphatic rings. The molecule has 0 saturated carbocycles. The number of fused-ring (bicyclic) bond motifs is 1. The van der Waals surface area contributed by atoms with Crippen molar-refractivity contribution in [3.8, 4) is 0 Å². The molecule has 12 heteroatoms. The fourth-order valence-electron chi connectivity index (χ4n) is 3.82. The lowest BCUT2D eigenvalue weighted by molar-refractivity contribution is -0.141. The first kappa shape index (κ1) is 30.1. The summed E-state index contributed by atoms with van der Waals surface area (Å²) < 4.78 is 0. The smallest absolute Gasteiger partial charge is 0.325 e. The molecule has 1 aromatic heterocycles. The van der Waals surface area contributed by atoms with Crippen LogP contribution < -0.4 is 27.4 Å². The van der Waals surface area contributed by atoms with E-state index in [1.54, 1.807) is 0 Å². The van der Waals surface area contributed by atoms with E-state index in [0.29, 0.717) is 38.0 Å². The van der Waals surface area contributed by atoms with Gasteiger partial charge in [-0.25, -0.2) is 0 Å². The lowest BCUT2D eigenvalue weighted by Gasteiger charge is -2.24. The number of carbonyl (C=O) groups excluding carboxylic acids is 3. The Morgan fingerprint density at radius 1 is 1.00 bits per heavy atom. The Kier molecular flexibility index (Phi) is 12.4. The lowest BCUT2D eigenvalue weighted by Crippen LogP contribution is -2.57. The van der Waals surface area contributed by atoms with Crippen LogP contribution in [-0.4, -0.2) is 76.5 Å². The van der Waals surface area contributed by atoms with E-state index in [9.17, 15) is 19.2 Å². The Balaban J connectivity index is 2.09. The number of hydrogen-bond acceptors (Lipinski definition) is 7. The summed E-state index contributed by atoms with van der Waals surface area (Å²) in [6.45, 7) is 1.78. The number of rotatable bonds is 16. The molecule has 3 amide bonds. The predicted molar refractivity (Wildman–Crippen MR) is 145 cm³/mol. The van der Waals surface area contributed by atoms with Gasteiger partial charge in [-0.1, -0.05) is 18.2 Å². The third-order valence-electron chi connectivity index (χ3n) is 6.00.